The summed E-state index contributed by atoms with van der Waals surface area (Å²) in [6, 6.07) is 0. The van der Waals surface area contributed by atoms with Gasteiger partial charge in [-0.15, -0.1) is 0 Å². The van der Waals surface area contributed by atoms with Gasteiger partial charge >= 0.3 is 0 Å². The molecule has 0 saturated carbocycles. The molecule has 12 heteroatoms. The molecule has 1 fully saturated rings. The number of sulfonamides is 2. The van der Waals surface area contributed by atoms with Gasteiger partial charge in [0.15, 0.2) is 0 Å². The summed E-state index contributed by atoms with van der Waals surface area (Å²) in [5, 5.41) is 0. The van der Waals surface area contributed by atoms with Crippen LogP contribution in [0, 0.1) is 0 Å². The van der Waals surface area contributed by atoms with E-state index in [4.69, 9.17) is 0 Å². The molecular formula is C14H25N5O5S2. The Bertz CT molecular complexity index is 803. The largest absolute Gasteiger partial charge is 0.342 e. The Kier molecular flexibility index (Phi) is 6.45. The van der Waals surface area contributed by atoms with Crippen LogP contribution in [0.3, 0.4) is 0 Å². The topological polar surface area (TPSA) is 121 Å². The van der Waals surface area contributed by atoms with Crippen LogP contribution in [0.15, 0.2) is 22.2 Å². The monoisotopic (exact) mass is 407 g/mol. The first kappa shape index (κ1) is 20.8. The van der Waals surface area contributed by atoms with Gasteiger partial charge in [0, 0.05) is 38.6 Å². The molecule has 0 aromatic carbocycles. The summed E-state index contributed by atoms with van der Waals surface area (Å²) in [4.78, 5) is 15.6. The number of piperazine rings is 1. The van der Waals surface area contributed by atoms with Crippen molar-refractivity contribution in [1.29, 1.82) is 0 Å². The predicted molar refractivity (Wildman–Crippen MR) is 95.6 cm³/mol. The van der Waals surface area contributed by atoms with Gasteiger partial charge in [-0.05, 0) is 20.6 Å². The second kappa shape index (κ2) is 8.05. The van der Waals surface area contributed by atoms with Crippen molar-refractivity contribution >= 4 is 26.0 Å². The smallest absolute Gasteiger partial charge is 0.243 e. The van der Waals surface area contributed by atoms with E-state index < -0.39 is 29.8 Å². The number of amides is 1. The molecule has 10 nitrogen and oxygen atoms in total. The lowest BCUT2D eigenvalue weighted by Gasteiger charge is -2.34. The lowest BCUT2D eigenvalue weighted by molar-refractivity contribution is -0.133. The second-order valence-electron chi connectivity index (χ2n) is 5.89. The van der Waals surface area contributed by atoms with Gasteiger partial charge in [-0.1, -0.05) is 6.92 Å². The summed E-state index contributed by atoms with van der Waals surface area (Å²) >= 11 is 0. The molecule has 1 aliphatic rings. The molecular weight excluding hydrogens is 382 g/mol. The molecule has 0 atom stereocenters. The summed E-state index contributed by atoms with van der Waals surface area (Å²) < 4.78 is 54.0. The molecule has 0 radical (unpaired) electrons. The Hall–Kier alpha value is -1.47. The van der Waals surface area contributed by atoms with Gasteiger partial charge in [-0.2, -0.15) is 0 Å². The number of nitrogens with zero attached hydrogens (tertiary/aromatic N) is 3. The second-order valence-corrected chi connectivity index (χ2v) is 9.60. The van der Waals surface area contributed by atoms with Crippen molar-refractivity contribution in [1.82, 2.24) is 23.8 Å². The summed E-state index contributed by atoms with van der Waals surface area (Å²) in [6.07, 6.45) is 2.33. The van der Waals surface area contributed by atoms with Crippen LogP contribution < -0.4 is 9.44 Å². The van der Waals surface area contributed by atoms with E-state index in [9.17, 15) is 21.6 Å². The van der Waals surface area contributed by atoms with E-state index in [2.05, 4.69) is 21.3 Å². The highest BCUT2D eigenvalue weighted by molar-refractivity contribution is 7.92. The van der Waals surface area contributed by atoms with Crippen LogP contribution in [-0.4, -0.2) is 83.9 Å². The van der Waals surface area contributed by atoms with Crippen molar-refractivity contribution in [3.05, 3.63) is 12.4 Å². The third-order valence-electron chi connectivity index (χ3n) is 4.42. The van der Waals surface area contributed by atoms with Gasteiger partial charge < -0.3 is 14.4 Å². The Morgan fingerprint density at radius 3 is 1.81 bits per heavy atom. The molecule has 1 aliphatic heterocycles. The van der Waals surface area contributed by atoms with Crippen LogP contribution in [0.5, 0.6) is 0 Å². The highest BCUT2D eigenvalue weighted by Gasteiger charge is 2.28. The number of likely N-dealkylation sites (N-methyl/N-ethyl adjacent to an activating group) is 1. The van der Waals surface area contributed by atoms with Gasteiger partial charge in [0.1, 0.15) is 16.3 Å². The minimum atomic E-state index is -3.99. The van der Waals surface area contributed by atoms with E-state index in [1.54, 1.807) is 4.90 Å². The van der Waals surface area contributed by atoms with Crippen LogP contribution >= 0.6 is 0 Å². The molecule has 0 aliphatic carbocycles. The fourth-order valence-electron chi connectivity index (χ4n) is 2.75. The molecule has 1 saturated heterocycles. The number of hydrogen-bond donors (Lipinski definition) is 2. The molecule has 1 amide bonds. The lowest BCUT2D eigenvalue weighted by atomic mass is 10.3. The zero-order valence-electron chi connectivity index (χ0n) is 15.1. The normalized spacial score (nSPS) is 16.8. The van der Waals surface area contributed by atoms with E-state index in [-0.39, 0.29) is 12.5 Å². The van der Waals surface area contributed by atoms with Crippen LogP contribution in [-0.2, 0) is 31.4 Å². The maximum absolute atomic E-state index is 12.5. The van der Waals surface area contributed by atoms with Gasteiger partial charge in [0.25, 0.3) is 0 Å². The van der Waals surface area contributed by atoms with Crippen molar-refractivity contribution < 1.29 is 21.6 Å². The molecule has 1 aromatic heterocycles. The van der Waals surface area contributed by atoms with E-state index in [1.165, 1.54) is 18.7 Å². The first-order chi connectivity index (χ1) is 12.1. The van der Waals surface area contributed by atoms with Crippen molar-refractivity contribution in [2.75, 3.05) is 46.8 Å². The summed E-state index contributed by atoms with van der Waals surface area (Å²) in [5.74, 6) is -0.183. The van der Waals surface area contributed by atoms with Crippen LogP contribution in [0.1, 0.15) is 6.92 Å². The molecule has 2 rings (SSSR count). The Labute approximate surface area is 154 Å². The van der Waals surface area contributed by atoms with E-state index in [0.717, 1.165) is 32.0 Å². The average Bonchev–Trinajstić information content (AvgIpc) is 3.07. The molecule has 2 heterocycles. The highest BCUT2D eigenvalue weighted by atomic mass is 32.2. The maximum atomic E-state index is 12.5. The Morgan fingerprint density at radius 1 is 0.962 bits per heavy atom. The van der Waals surface area contributed by atoms with Crippen LogP contribution in [0.4, 0.5) is 0 Å². The number of nitrogens with one attached hydrogen (secondary N) is 2. The summed E-state index contributed by atoms with van der Waals surface area (Å²) in [7, 11) is -5.60. The standard InChI is InChI=1S/C14H25N5O5S2/c1-4-17-5-7-19(8-6-17)14(20)11-18-9-12(25(21,22)15-2)13(10-18)26(23,24)16-3/h9-10,15-16H,4-8,11H2,1-3H3. The summed E-state index contributed by atoms with van der Waals surface area (Å²) in [6.45, 7) is 5.62. The first-order valence-corrected chi connectivity index (χ1v) is 11.2. The Balaban J connectivity index is 2.25. The Morgan fingerprint density at radius 2 is 1.42 bits per heavy atom. The fraction of sp³-hybridized carbons (Fsp3) is 0.643. The molecule has 1 aromatic rings. The quantitative estimate of drug-likeness (QED) is 0.566. The van der Waals surface area contributed by atoms with Crippen LogP contribution in [0.2, 0.25) is 0 Å². The van der Waals surface area contributed by atoms with E-state index in [0.29, 0.717) is 13.1 Å². The number of carbonyl (C=O) groups excluding carboxylic acids is 1. The number of carbonyl (C=O) groups is 1. The van der Waals surface area contributed by atoms with Gasteiger partial charge in [-0.3, -0.25) is 4.79 Å². The molecule has 148 valence electrons. The molecule has 2 N–H and O–H groups in total. The SMILES string of the molecule is CCN1CCN(C(=O)Cn2cc(S(=O)(=O)NC)c(S(=O)(=O)NC)c2)CC1. The number of rotatable bonds is 7. The van der Waals surface area contributed by atoms with Crippen LogP contribution in [0.25, 0.3) is 0 Å². The van der Waals surface area contributed by atoms with Gasteiger partial charge in [0.2, 0.25) is 26.0 Å². The minimum Gasteiger partial charge on any atom is -0.342 e. The first-order valence-electron chi connectivity index (χ1n) is 8.21. The van der Waals surface area contributed by atoms with E-state index >= 15 is 0 Å². The molecule has 26 heavy (non-hydrogen) atoms. The van der Waals surface area contributed by atoms with Crippen molar-refractivity contribution in [3.8, 4) is 0 Å². The fourth-order valence-corrected chi connectivity index (χ4v) is 5.03. The van der Waals surface area contributed by atoms with Gasteiger partial charge in [0.05, 0.1) is 0 Å². The molecule has 0 bridgehead atoms. The average molecular weight is 408 g/mol. The highest BCUT2D eigenvalue weighted by Crippen LogP contribution is 2.22. The minimum absolute atomic E-state index is 0.127. The lowest BCUT2D eigenvalue weighted by Crippen LogP contribution is -2.49. The van der Waals surface area contributed by atoms with E-state index in [1.807, 2.05) is 0 Å². The zero-order valence-corrected chi connectivity index (χ0v) is 16.7. The number of hydrogen-bond acceptors (Lipinski definition) is 6. The van der Waals surface area contributed by atoms with Crippen molar-refractivity contribution in [3.63, 3.8) is 0 Å². The zero-order chi connectivity index (χ0) is 19.5. The predicted octanol–water partition coefficient (Wildman–Crippen LogP) is -1.53. The third kappa shape index (κ3) is 4.43. The van der Waals surface area contributed by atoms with Crippen molar-refractivity contribution in [2.24, 2.45) is 0 Å². The van der Waals surface area contributed by atoms with Crippen molar-refractivity contribution in [2.45, 2.75) is 23.3 Å². The maximum Gasteiger partial charge on any atom is 0.243 e. The van der Waals surface area contributed by atoms with Gasteiger partial charge in [-0.25, -0.2) is 26.3 Å². The number of aromatic nitrogens is 1. The molecule has 0 spiro atoms. The molecule has 0 unspecified atom stereocenters. The third-order valence-corrected chi connectivity index (χ3v) is 7.43. The summed E-state index contributed by atoms with van der Waals surface area (Å²) in [5.41, 5.74) is 0.